The van der Waals surface area contributed by atoms with Crippen molar-refractivity contribution in [1.82, 2.24) is 0 Å². The molecule has 0 aromatic heterocycles. The van der Waals surface area contributed by atoms with Gasteiger partial charge >= 0.3 is 0 Å². The molecule has 0 fully saturated rings. The minimum Gasteiger partial charge on any atom is -0.378 e. The Kier molecular flexibility index (Phi) is 6.00. The standard InChI is InChI=1S/C18H24NO3P/c1-4-14-22-23(21,18(20)15-8-6-5-7-9-15)17-12-10-16(11-13-17)19(2)3/h5-13,18,20H,4,14H2,1-3H3. The van der Waals surface area contributed by atoms with Crippen LogP contribution in [0, 0.1) is 0 Å². The zero-order valence-corrected chi connectivity index (χ0v) is 14.7. The van der Waals surface area contributed by atoms with Crippen molar-refractivity contribution in [1.29, 1.82) is 0 Å². The van der Waals surface area contributed by atoms with Crippen molar-refractivity contribution >= 4 is 18.4 Å². The maximum absolute atomic E-state index is 13.5. The van der Waals surface area contributed by atoms with Crippen LogP contribution in [-0.2, 0) is 9.09 Å². The lowest BCUT2D eigenvalue weighted by atomic mass is 10.2. The molecular formula is C18H24NO3P. The number of aliphatic hydroxyl groups is 1. The number of rotatable bonds is 7. The van der Waals surface area contributed by atoms with E-state index in [4.69, 9.17) is 4.52 Å². The zero-order chi connectivity index (χ0) is 16.9. The van der Waals surface area contributed by atoms with Gasteiger partial charge in [0.25, 0.3) is 7.37 Å². The normalized spacial score (nSPS) is 15.0. The Balaban J connectivity index is 2.40. The highest BCUT2D eigenvalue weighted by Crippen LogP contribution is 2.57. The van der Waals surface area contributed by atoms with Crippen molar-refractivity contribution in [3.8, 4) is 0 Å². The number of nitrogens with zero attached hydrogens (tertiary/aromatic N) is 1. The summed E-state index contributed by atoms with van der Waals surface area (Å²) in [5.41, 5.74) is 1.61. The van der Waals surface area contributed by atoms with Crippen LogP contribution in [0.5, 0.6) is 0 Å². The van der Waals surface area contributed by atoms with E-state index in [1.807, 2.05) is 56.3 Å². The Morgan fingerprint density at radius 1 is 1.09 bits per heavy atom. The monoisotopic (exact) mass is 333 g/mol. The van der Waals surface area contributed by atoms with Gasteiger partial charge in [-0.05, 0) is 36.2 Å². The summed E-state index contributed by atoms with van der Waals surface area (Å²) in [6.07, 6.45) is 0.737. The molecule has 1 N–H and O–H groups in total. The smallest absolute Gasteiger partial charge is 0.264 e. The van der Waals surface area contributed by atoms with E-state index in [-0.39, 0.29) is 0 Å². The Labute approximate surface area is 138 Å². The maximum atomic E-state index is 13.5. The van der Waals surface area contributed by atoms with Crippen LogP contribution in [0.3, 0.4) is 0 Å². The summed E-state index contributed by atoms with van der Waals surface area (Å²) in [6.45, 7) is 2.30. The van der Waals surface area contributed by atoms with E-state index in [0.717, 1.165) is 12.1 Å². The van der Waals surface area contributed by atoms with Crippen LogP contribution in [-0.4, -0.2) is 25.8 Å². The van der Waals surface area contributed by atoms with Crippen LogP contribution >= 0.6 is 7.37 Å². The molecule has 23 heavy (non-hydrogen) atoms. The summed E-state index contributed by atoms with van der Waals surface area (Å²) >= 11 is 0. The molecule has 2 aromatic rings. The molecule has 0 saturated heterocycles. The zero-order valence-electron chi connectivity index (χ0n) is 13.8. The number of hydrogen-bond acceptors (Lipinski definition) is 4. The maximum Gasteiger partial charge on any atom is 0.264 e. The summed E-state index contributed by atoms with van der Waals surface area (Å²) in [5, 5.41) is 11.2. The van der Waals surface area contributed by atoms with Crippen LogP contribution in [0.15, 0.2) is 54.6 Å². The molecular weight excluding hydrogens is 309 g/mol. The van der Waals surface area contributed by atoms with E-state index in [0.29, 0.717) is 17.5 Å². The number of hydrogen-bond donors (Lipinski definition) is 1. The predicted molar refractivity (Wildman–Crippen MR) is 95.7 cm³/mol. The number of aliphatic hydroxyl groups excluding tert-OH is 1. The second kappa shape index (κ2) is 7.78. The molecule has 2 unspecified atom stereocenters. The van der Waals surface area contributed by atoms with Crippen molar-refractivity contribution < 1.29 is 14.2 Å². The molecule has 2 atom stereocenters. The summed E-state index contributed by atoms with van der Waals surface area (Å²) < 4.78 is 19.1. The van der Waals surface area contributed by atoms with Gasteiger partial charge in [-0.3, -0.25) is 4.57 Å². The van der Waals surface area contributed by atoms with Crippen LogP contribution in [0.25, 0.3) is 0 Å². The molecule has 2 aromatic carbocycles. The fourth-order valence-electron chi connectivity index (χ4n) is 2.29. The lowest BCUT2D eigenvalue weighted by molar-refractivity contribution is 0.214. The molecule has 0 heterocycles. The summed E-state index contributed by atoms with van der Waals surface area (Å²) in [4.78, 5) is 1.97. The minimum absolute atomic E-state index is 0.344. The first-order valence-corrected chi connectivity index (χ1v) is 9.43. The van der Waals surface area contributed by atoms with Gasteiger partial charge in [0.05, 0.1) is 6.61 Å². The van der Waals surface area contributed by atoms with E-state index in [2.05, 4.69) is 0 Å². The van der Waals surface area contributed by atoms with E-state index in [9.17, 15) is 9.67 Å². The fraction of sp³-hybridized carbons (Fsp3) is 0.333. The first-order chi connectivity index (χ1) is 11.0. The van der Waals surface area contributed by atoms with Gasteiger partial charge in [-0.2, -0.15) is 0 Å². The average Bonchev–Trinajstić information content (AvgIpc) is 2.59. The second-order valence-corrected chi connectivity index (χ2v) is 8.08. The molecule has 0 aliphatic heterocycles. The first kappa shape index (κ1) is 17.7. The van der Waals surface area contributed by atoms with Gasteiger partial charge in [-0.25, -0.2) is 0 Å². The highest BCUT2D eigenvalue weighted by atomic mass is 31.2. The molecule has 0 spiro atoms. The van der Waals surface area contributed by atoms with Crippen molar-refractivity contribution in [2.45, 2.75) is 19.2 Å². The van der Waals surface area contributed by atoms with E-state index < -0.39 is 13.2 Å². The van der Waals surface area contributed by atoms with Gasteiger partial charge in [-0.1, -0.05) is 37.3 Å². The highest BCUT2D eigenvalue weighted by Gasteiger charge is 2.36. The average molecular weight is 333 g/mol. The lowest BCUT2D eigenvalue weighted by Crippen LogP contribution is -2.16. The Hall–Kier alpha value is -1.61. The Bertz CT molecular complexity index is 656. The van der Waals surface area contributed by atoms with Crippen LogP contribution in [0.1, 0.15) is 24.8 Å². The quantitative estimate of drug-likeness (QED) is 0.784. The van der Waals surface area contributed by atoms with E-state index in [1.54, 1.807) is 24.3 Å². The van der Waals surface area contributed by atoms with Gasteiger partial charge in [0.2, 0.25) is 0 Å². The third-order valence-corrected chi connectivity index (χ3v) is 6.16. The largest absolute Gasteiger partial charge is 0.378 e. The van der Waals surface area contributed by atoms with Gasteiger partial charge in [0, 0.05) is 25.1 Å². The van der Waals surface area contributed by atoms with Crippen LogP contribution in [0.4, 0.5) is 5.69 Å². The Morgan fingerprint density at radius 3 is 2.22 bits per heavy atom. The predicted octanol–water partition coefficient (Wildman–Crippen LogP) is 3.77. The van der Waals surface area contributed by atoms with Crippen molar-refractivity contribution in [2.75, 3.05) is 25.6 Å². The second-order valence-electron chi connectivity index (χ2n) is 5.63. The summed E-state index contributed by atoms with van der Waals surface area (Å²) in [7, 11) is 0.477. The first-order valence-electron chi connectivity index (χ1n) is 7.74. The molecule has 5 heteroatoms. The molecule has 124 valence electrons. The molecule has 0 radical (unpaired) electrons. The van der Waals surface area contributed by atoms with Gasteiger partial charge in [-0.15, -0.1) is 0 Å². The van der Waals surface area contributed by atoms with Crippen LogP contribution < -0.4 is 10.2 Å². The molecule has 0 bridgehead atoms. The third-order valence-electron chi connectivity index (χ3n) is 3.63. The third kappa shape index (κ3) is 4.03. The fourth-order valence-corrected chi connectivity index (χ4v) is 4.45. The van der Waals surface area contributed by atoms with Crippen molar-refractivity contribution in [3.63, 3.8) is 0 Å². The van der Waals surface area contributed by atoms with Gasteiger partial charge in [0.1, 0.15) is 0 Å². The minimum atomic E-state index is -3.41. The van der Waals surface area contributed by atoms with Gasteiger partial charge < -0.3 is 14.5 Å². The lowest BCUT2D eigenvalue weighted by Gasteiger charge is -2.25. The number of anilines is 1. The molecule has 2 rings (SSSR count). The SMILES string of the molecule is CCCOP(=O)(c1ccc(N(C)C)cc1)C(O)c1ccccc1. The van der Waals surface area contributed by atoms with Crippen molar-refractivity contribution in [3.05, 3.63) is 60.2 Å². The Morgan fingerprint density at radius 2 is 1.70 bits per heavy atom. The van der Waals surface area contributed by atoms with Gasteiger partial charge in [0.15, 0.2) is 5.85 Å². The van der Waals surface area contributed by atoms with E-state index >= 15 is 0 Å². The topological polar surface area (TPSA) is 49.8 Å². The van der Waals surface area contributed by atoms with E-state index in [1.165, 1.54) is 0 Å². The molecule has 0 saturated carbocycles. The van der Waals surface area contributed by atoms with Crippen molar-refractivity contribution in [2.24, 2.45) is 0 Å². The molecule has 0 aliphatic carbocycles. The van der Waals surface area contributed by atoms with Crippen LogP contribution in [0.2, 0.25) is 0 Å². The summed E-state index contributed by atoms with van der Waals surface area (Å²) in [6, 6.07) is 16.3. The molecule has 4 nitrogen and oxygen atoms in total. The molecule has 0 amide bonds. The summed E-state index contributed by atoms with van der Waals surface area (Å²) in [5.74, 6) is -1.17. The molecule has 0 aliphatic rings. The highest BCUT2D eigenvalue weighted by molar-refractivity contribution is 7.67. The number of benzene rings is 2.